The molecule has 0 aliphatic carbocycles. The molecule has 0 aromatic heterocycles. The summed E-state index contributed by atoms with van der Waals surface area (Å²) in [5.74, 6) is 0. The second-order valence-electron chi connectivity index (χ2n) is 1.38. The van der Waals surface area contributed by atoms with Gasteiger partial charge in [0.05, 0.1) is 0 Å². The first kappa shape index (κ1) is 7.40. The first-order valence-corrected chi connectivity index (χ1v) is 11.4. The molecule has 0 atom stereocenters. The van der Waals surface area contributed by atoms with E-state index in [0.29, 0.717) is 0 Å². The summed E-state index contributed by atoms with van der Waals surface area (Å²) in [6.45, 7) is 0. The molecule has 0 N–H and O–H groups in total. The molecule has 4 fully saturated rings. The molecule has 4 bridgehead atoms. The molecule has 4 heterocycles. The van der Waals surface area contributed by atoms with Gasteiger partial charge in [-0.25, -0.2) is 0 Å². The third kappa shape index (κ3) is 1.20. The Morgan fingerprint density at radius 3 is 0.800 bits per heavy atom. The van der Waals surface area contributed by atoms with Crippen LogP contribution in [0.3, 0.4) is 0 Å². The summed E-state index contributed by atoms with van der Waals surface area (Å²) in [6.07, 6.45) is 0. The van der Waals surface area contributed by atoms with E-state index in [4.69, 9.17) is 16.3 Å². The van der Waals surface area contributed by atoms with Gasteiger partial charge in [0.2, 0.25) is 0 Å². The predicted octanol–water partition coefficient (Wildman–Crippen LogP) is -1.93. The predicted molar refractivity (Wildman–Crippen MR) is 29.5 cm³/mol. The van der Waals surface area contributed by atoms with E-state index in [1.165, 1.54) is 0 Å². The Bertz CT molecular complexity index is 101. The van der Waals surface area contributed by atoms with E-state index in [2.05, 4.69) is 0 Å². The molecular formula is As4O6. The van der Waals surface area contributed by atoms with Crippen molar-refractivity contribution in [3.63, 3.8) is 0 Å². The van der Waals surface area contributed by atoms with Crippen LogP contribution in [0.1, 0.15) is 0 Å². The van der Waals surface area contributed by atoms with E-state index < -0.39 is 62.7 Å². The molecule has 0 radical (unpaired) electrons. The van der Waals surface area contributed by atoms with Crippen molar-refractivity contribution >= 4 is 62.7 Å². The molecule has 10 heteroatoms. The fourth-order valence-electron chi connectivity index (χ4n) is 0.505. The normalized spacial score (nSPS) is 57.6. The standard InChI is InChI=1S/As4O6/c5-1-6-3-8-2(5)9-4(7-1)10-3. The maximum absolute atomic E-state index is 5.22. The summed E-state index contributed by atoms with van der Waals surface area (Å²) in [4.78, 5) is 0. The molecule has 56 valence electrons. The van der Waals surface area contributed by atoms with Crippen molar-refractivity contribution in [1.82, 2.24) is 0 Å². The van der Waals surface area contributed by atoms with Crippen molar-refractivity contribution in [2.24, 2.45) is 0 Å². The van der Waals surface area contributed by atoms with Gasteiger partial charge >= 0.3 is 79.0 Å². The van der Waals surface area contributed by atoms with E-state index in [0.717, 1.165) is 0 Å². The average Bonchev–Trinajstić information content (AvgIpc) is 1.82. The summed E-state index contributed by atoms with van der Waals surface area (Å²) < 4.78 is 31.3. The molecule has 4 saturated heterocycles. The third-order valence-electron chi connectivity index (χ3n) is 0.800. The van der Waals surface area contributed by atoms with Crippen molar-refractivity contribution < 1.29 is 16.3 Å². The Balaban J connectivity index is 1.90. The molecule has 0 aromatic carbocycles. The number of hydrogen-bond acceptors (Lipinski definition) is 6. The van der Waals surface area contributed by atoms with Gasteiger partial charge in [-0.15, -0.1) is 0 Å². The summed E-state index contributed by atoms with van der Waals surface area (Å²) in [5, 5.41) is 0. The Morgan fingerprint density at radius 1 is 0.400 bits per heavy atom. The third-order valence-corrected chi connectivity index (χ3v) is 21.6. The molecule has 10 heavy (non-hydrogen) atoms. The minimum absolute atomic E-state index is 1.83. The van der Waals surface area contributed by atoms with Gasteiger partial charge in [0.15, 0.2) is 0 Å². The summed E-state index contributed by atoms with van der Waals surface area (Å²) in [6, 6.07) is 0. The fourth-order valence-corrected chi connectivity index (χ4v) is 33.9. The maximum atomic E-state index is 5.22. The number of rotatable bonds is 0. The van der Waals surface area contributed by atoms with Crippen molar-refractivity contribution in [1.29, 1.82) is 0 Å². The van der Waals surface area contributed by atoms with Gasteiger partial charge in [0, 0.05) is 0 Å². The summed E-state index contributed by atoms with van der Waals surface area (Å²) in [5.41, 5.74) is 0. The Kier molecular flexibility index (Phi) is 2.03. The van der Waals surface area contributed by atoms with Crippen LogP contribution in [0, 0.1) is 0 Å². The zero-order valence-electron chi connectivity index (χ0n) is 4.24. The number of hydrogen-bond donors (Lipinski definition) is 0. The van der Waals surface area contributed by atoms with E-state index in [1.807, 2.05) is 0 Å². The molecule has 0 aromatic rings. The van der Waals surface area contributed by atoms with E-state index in [-0.39, 0.29) is 0 Å². The second kappa shape index (κ2) is 2.75. The molecule has 6 nitrogen and oxygen atoms in total. The van der Waals surface area contributed by atoms with Crippen molar-refractivity contribution in [3.05, 3.63) is 0 Å². The van der Waals surface area contributed by atoms with E-state index >= 15 is 0 Å². The topological polar surface area (TPSA) is 55.4 Å². The molecular weight excluding hydrogens is 396 g/mol. The van der Waals surface area contributed by atoms with Crippen LogP contribution in [-0.2, 0) is 16.3 Å². The summed E-state index contributed by atoms with van der Waals surface area (Å²) in [7, 11) is 0. The minimum atomic E-state index is -1.83. The average molecular weight is 396 g/mol. The van der Waals surface area contributed by atoms with Crippen molar-refractivity contribution in [3.8, 4) is 0 Å². The van der Waals surface area contributed by atoms with Gasteiger partial charge in [-0.2, -0.15) is 0 Å². The van der Waals surface area contributed by atoms with Gasteiger partial charge in [-0.05, 0) is 0 Å². The zero-order valence-corrected chi connectivity index (χ0v) is 11.7. The van der Waals surface area contributed by atoms with Crippen molar-refractivity contribution in [2.75, 3.05) is 0 Å². The molecule has 4 rings (SSSR count). The SMILES string of the molecule is O1[As]2O[As]3O[As]1O[As](O2)O3. The van der Waals surface area contributed by atoms with Crippen LogP contribution in [0.15, 0.2) is 0 Å². The van der Waals surface area contributed by atoms with Gasteiger partial charge < -0.3 is 0 Å². The van der Waals surface area contributed by atoms with Crippen LogP contribution in [0.5, 0.6) is 0 Å². The van der Waals surface area contributed by atoms with E-state index in [1.54, 1.807) is 0 Å². The quantitative estimate of drug-likeness (QED) is 0.445. The van der Waals surface area contributed by atoms with Crippen LogP contribution in [0.2, 0.25) is 0 Å². The molecule has 4 aliphatic heterocycles. The molecule has 0 unspecified atom stereocenters. The molecule has 0 amide bonds. The molecule has 4 aliphatic rings. The second-order valence-corrected chi connectivity index (χ2v) is 17.9. The van der Waals surface area contributed by atoms with Crippen LogP contribution >= 0.6 is 0 Å². The fraction of sp³-hybridized carbons (Fsp3) is 0. The Morgan fingerprint density at radius 2 is 0.600 bits per heavy atom. The van der Waals surface area contributed by atoms with Crippen LogP contribution in [0.25, 0.3) is 0 Å². The van der Waals surface area contributed by atoms with Gasteiger partial charge in [0.1, 0.15) is 0 Å². The van der Waals surface area contributed by atoms with E-state index in [9.17, 15) is 0 Å². The van der Waals surface area contributed by atoms with Gasteiger partial charge in [-0.3, -0.25) is 0 Å². The monoisotopic (exact) mass is 396 g/mol. The molecule has 0 saturated carbocycles. The summed E-state index contributed by atoms with van der Waals surface area (Å²) >= 11 is -7.31. The first-order chi connectivity index (χ1) is 4.90. The van der Waals surface area contributed by atoms with Gasteiger partial charge in [0.25, 0.3) is 0 Å². The van der Waals surface area contributed by atoms with Gasteiger partial charge in [-0.1, -0.05) is 0 Å². The Hall–Kier alpha value is 1.99. The molecule has 0 spiro atoms. The van der Waals surface area contributed by atoms with Crippen LogP contribution in [-0.4, -0.2) is 62.7 Å². The van der Waals surface area contributed by atoms with Crippen LogP contribution < -0.4 is 0 Å². The first-order valence-electron chi connectivity index (χ1n) is 2.19. The zero-order chi connectivity index (χ0) is 6.55. The van der Waals surface area contributed by atoms with Crippen molar-refractivity contribution in [2.45, 2.75) is 0 Å². The Labute approximate surface area is 78.3 Å². The van der Waals surface area contributed by atoms with Crippen LogP contribution in [0.4, 0.5) is 0 Å².